The minimum atomic E-state index is 0.314. The molecule has 0 atom stereocenters. The zero-order valence-electron chi connectivity index (χ0n) is 14.4. The second-order valence-electron chi connectivity index (χ2n) is 7.36. The number of rotatable bonds is 5. The Morgan fingerprint density at radius 1 is 1.00 bits per heavy atom. The van der Waals surface area contributed by atoms with Gasteiger partial charge < -0.3 is 24.9 Å². The topological polar surface area (TPSA) is 53.8 Å². The molecular formula is C18H31BrN3O2+3. The van der Waals surface area contributed by atoms with Gasteiger partial charge in [0.25, 0.3) is 0 Å². The molecule has 1 aromatic carbocycles. The highest BCUT2D eigenvalue weighted by molar-refractivity contribution is 9.10. The second kappa shape index (κ2) is 8.63. The molecule has 134 valence electrons. The minimum Gasteiger partial charge on any atom is -0.507 e. The van der Waals surface area contributed by atoms with E-state index in [0.717, 1.165) is 29.2 Å². The Morgan fingerprint density at radius 3 is 2.38 bits per heavy atom. The quantitative estimate of drug-likeness (QED) is 0.378. The summed E-state index contributed by atoms with van der Waals surface area (Å²) >= 11 is 3.50. The Morgan fingerprint density at radius 2 is 1.71 bits per heavy atom. The third-order valence-electron chi connectivity index (χ3n) is 5.82. The van der Waals surface area contributed by atoms with Gasteiger partial charge in [-0.25, -0.2) is 0 Å². The molecular weight excluding hydrogens is 370 g/mol. The van der Waals surface area contributed by atoms with Crippen molar-refractivity contribution in [2.45, 2.75) is 25.4 Å². The summed E-state index contributed by atoms with van der Waals surface area (Å²) in [5.41, 5.74) is 1.05. The van der Waals surface area contributed by atoms with Crippen molar-refractivity contribution in [2.75, 3.05) is 52.4 Å². The number of phenols is 1. The largest absolute Gasteiger partial charge is 0.507 e. The van der Waals surface area contributed by atoms with Crippen molar-refractivity contribution >= 4 is 15.9 Å². The standard InChI is InChI=1S/C18H28BrN3O2/c19-16-1-2-18(24)15(13-16)14-21-5-3-17(4-6-21)22-9-7-20(8-10-22)11-12-23/h1-2,13,17,23-24H,3-12,14H2/p+3. The Kier molecular flexibility index (Phi) is 6.52. The summed E-state index contributed by atoms with van der Waals surface area (Å²) in [5, 5.41) is 19.1. The number of nitrogens with one attached hydrogen (secondary N) is 3. The lowest BCUT2D eigenvalue weighted by atomic mass is 10.0. The summed E-state index contributed by atoms with van der Waals surface area (Å²) in [6, 6.07) is 6.52. The van der Waals surface area contributed by atoms with Crippen LogP contribution in [0.1, 0.15) is 18.4 Å². The van der Waals surface area contributed by atoms with Crippen LogP contribution in [0.2, 0.25) is 0 Å². The summed E-state index contributed by atoms with van der Waals surface area (Å²) in [5.74, 6) is 0.418. The minimum absolute atomic E-state index is 0.314. The van der Waals surface area contributed by atoms with Crippen molar-refractivity contribution in [3.8, 4) is 5.75 Å². The van der Waals surface area contributed by atoms with Gasteiger partial charge in [-0.1, -0.05) is 15.9 Å². The highest BCUT2D eigenvalue weighted by Gasteiger charge is 2.33. The number of piperidine rings is 1. The number of piperazine rings is 1. The van der Waals surface area contributed by atoms with Crippen LogP contribution < -0.4 is 14.7 Å². The van der Waals surface area contributed by atoms with Crippen molar-refractivity contribution in [3.63, 3.8) is 0 Å². The maximum Gasteiger partial charge on any atom is 0.127 e. The first-order valence-electron chi connectivity index (χ1n) is 9.25. The summed E-state index contributed by atoms with van der Waals surface area (Å²) in [6.07, 6.45) is 2.57. The number of quaternary nitrogens is 3. The Bertz CT molecular complexity index is 527. The molecule has 2 fully saturated rings. The highest BCUT2D eigenvalue weighted by atomic mass is 79.9. The summed E-state index contributed by atoms with van der Waals surface area (Å²) in [7, 11) is 0. The van der Waals surface area contributed by atoms with E-state index in [0.29, 0.717) is 12.4 Å². The second-order valence-corrected chi connectivity index (χ2v) is 8.27. The number of hydrogen-bond donors (Lipinski definition) is 5. The number of halogens is 1. The van der Waals surface area contributed by atoms with Crippen LogP contribution in [0.5, 0.6) is 5.75 Å². The fourth-order valence-electron chi connectivity index (χ4n) is 4.32. The highest BCUT2D eigenvalue weighted by Crippen LogP contribution is 2.21. The summed E-state index contributed by atoms with van der Waals surface area (Å²) < 4.78 is 1.04. The van der Waals surface area contributed by atoms with Crippen molar-refractivity contribution in [3.05, 3.63) is 28.2 Å². The van der Waals surface area contributed by atoms with Crippen molar-refractivity contribution in [1.82, 2.24) is 0 Å². The first-order valence-corrected chi connectivity index (χ1v) is 10.0. The predicted octanol–water partition coefficient (Wildman–Crippen LogP) is -2.52. The SMILES string of the molecule is OCC[NH+]1CC[NH+](C2CC[NH+](Cc3cc(Br)ccc3O)CC2)CC1. The first-order chi connectivity index (χ1) is 11.7. The van der Waals surface area contributed by atoms with E-state index >= 15 is 0 Å². The molecule has 0 aliphatic carbocycles. The Hall–Kier alpha value is -0.660. The van der Waals surface area contributed by atoms with Crippen LogP contribution in [0, 0.1) is 0 Å². The van der Waals surface area contributed by atoms with E-state index in [1.807, 2.05) is 12.1 Å². The van der Waals surface area contributed by atoms with Crippen molar-refractivity contribution < 1.29 is 24.9 Å². The van der Waals surface area contributed by atoms with E-state index in [2.05, 4.69) is 15.9 Å². The van der Waals surface area contributed by atoms with Crippen LogP contribution in [0.3, 0.4) is 0 Å². The number of aliphatic hydroxyl groups excluding tert-OH is 1. The zero-order chi connectivity index (χ0) is 16.9. The number of aliphatic hydroxyl groups is 1. The van der Waals surface area contributed by atoms with Crippen LogP contribution in [0.25, 0.3) is 0 Å². The molecule has 0 unspecified atom stereocenters. The van der Waals surface area contributed by atoms with Crippen LogP contribution in [0.4, 0.5) is 0 Å². The van der Waals surface area contributed by atoms with Gasteiger partial charge in [-0.3, -0.25) is 0 Å². The maximum absolute atomic E-state index is 10.0. The normalized spacial score (nSPS) is 31.1. The molecule has 0 radical (unpaired) electrons. The van der Waals surface area contributed by atoms with E-state index < -0.39 is 0 Å². The lowest BCUT2D eigenvalue weighted by molar-refractivity contribution is -1.03. The molecule has 2 aliphatic heterocycles. The number of aromatic hydroxyl groups is 1. The lowest BCUT2D eigenvalue weighted by Gasteiger charge is -2.37. The van der Waals surface area contributed by atoms with Gasteiger partial charge in [0.1, 0.15) is 45.0 Å². The molecule has 5 N–H and O–H groups in total. The fraction of sp³-hybridized carbons (Fsp3) is 0.667. The molecule has 2 heterocycles. The number of likely N-dealkylation sites (tertiary alicyclic amines) is 1. The Labute approximate surface area is 153 Å². The average Bonchev–Trinajstić information content (AvgIpc) is 2.60. The van der Waals surface area contributed by atoms with Crippen molar-refractivity contribution in [2.24, 2.45) is 0 Å². The smallest absolute Gasteiger partial charge is 0.127 e. The van der Waals surface area contributed by atoms with Gasteiger partial charge in [-0.2, -0.15) is 0 Å². The van der Waals surface area contributed by atoms with Gasteiger partial charge in [-0.15, -0.1) is 0 Å². The van der Waals surface area contributed by atoms with Gasteiger partial charge in [0.05, 0.1) is 25.7 Å². The van der Waals surface area contributed by atoms with Crippen LogP contribution in [-0.4, -0.2) is 68.7 Å². The van der Waals surface area contributed by atoms with E-state index in [1.165, 1.54) is 52.1 Å². The zero-order valence-corrected chi connectivity index (χ0v) is 15.9. The van der Waals surface area contributed by atoms with Gasteiger partial charge in [-0.05, 0) is 18.2 Å². The third kappa shape index (κ3) is 4.70. The Balaban J connectivity index is 1.45. The fourth-order valence-corrected chi connectivity index (χ4v) is 4.73. The summed E-state index contributed by atoms with van der Waals surface area (Å²) in [4.78, 5) is 4.93. The number of phenolic OH excluding ortho intramolecular Hbond substituents is 1. The molecule has 0 aromatic heterocycles. The maximum atomic E-state index is 10.0. The van der Waals surface area contributed by atoms with Gasteiger partial charge >= 0.3 is 0 Å². The monoisotopic (exact) mass is 400 g/mol. The summed E-state index contributed by atoms with van der Waals surface area (Å²) in [6.45, 7) is 9.45. The van der Waals surface area contributed by atoms with E-state index in [-0.39, 0.29) is 0 Å². The molecule has 5 nitrogen and oxygen atoms in total. The molecule has 1 aromatic rings. The molecule has 3 rings (SSSR count). The van der Waals surface area contributed by atoms with Gasteiger partial charge in [0.15, 0.2) is 0 Å². The van der Waals surface area contributed by atoms with Crippen LogP contribution in [-0.2, 0) is 6.54 Å². The van der Waals surface area contributed by atoms with Crippen molar-refractivity contribution in [1.29, 1.82) is 0 Å². The molecule has 2 saturated heterocycles. The average molecular weight is 401 g/mol. The van der Waals surface area contributed by atoms with Crippen LogP contribution >= 0.6 is 15.9 Å². The third-order valence-corrected chi connectivity index (χ3v) is 6.31. The van der Waals surface area contributed by atoms with Crippen LogP contribution in [0.15, 0.2) is 22.7 Å². The molecule has 0 amide bonds. The van der Waals surface area contributed by atoms with Gasteiger partial charge in [0, 0.05) is 22.9 Å². The molecule has 24 heavy (non-hydrogen) atoms. The van der Waals surface area contributed by atoms with Gasteiger partial charge in [0.2, 0.25) is 0 Å². The molecule has 0 saturated carbocycles. The van der Waals surface area contributed by atoms with E-state index in [4.69, 9.17) is 5.11 Å². The molecule has 0 spiro atoms. The number of benzene rings is 1. The molecule has 6 heteroatoms. The molecule has 2 aliphatic rings. The van der Waals surface area contributed by atoms with E-state index in [1.54, 1.807) is 20.8 Å². The predicted molar refractivity (Wildman–Crippen MR) is 96.6 cm³/mol. The van der Waals surface area contributed by atoms with E-state index in [9.17, 15) is 5.11 Å². The molecule has 0 bridgehead atoms. The lowest BCUT2D eigenvalue weighted by Crippen LogP contribution is -3.30. The first kappa shape index (κ1) is 18.1. The number of hydrogen-bond acceptors (Lipinski definition) is 2.